The van der Waals surface area contributed by atoms with Gasteiger partial charge in [0.25, 0.3) is 0 Å². The van der Waals surface area contributed by atoms with E-state index in [9.17, 15) is 13.2 Å². The van der Waals surface area contributed by atoms with Crippen LogP contribution >= 0.6 is 0 Å². The summed E-state index contributed by atoms with van der Waals surface area (Å²) in [5.41, 5.74) is 1.08. The number of aliphatic hydroxyl groups excluding tert-OH is 1. The number of aryl methyl sites for hydroxylation is 1. The minimum Gasteiger partial charge on any atom is -0.394 e. The molecule has 1 rings (SSSR count). The number of benzene rings is 1. The molecule has 112 valence electrons. The Kier molecular flexibility index (Phi) is 6.67. The molecule has 0 fully saturated rings. The number of amides is 1. The van der Waals surface area contributed by atoms with Gasteiger partial charge in [-0.1, -0.05) is 30.3 Å². The van der Waals surface area contributed by atoms with Gasteiger partial charge in [0.1, 0.15) is 5.75 Å². The zero-order valence-electron chi connectivity index (χ0n) is 11.6. The molecule has 1 unspecified atom stereocenters. The van der Waals surface area contributed by atoms with Gasteiger partial charge in [0.15, 0.2) is 9.84 Å². The first kappa shape index (κ1) is 16.7. The number of carbonyl (C=O) groups excluding carboxylic acids is 1. The van der Waals surface area contributed by atoms with E-state index in [1.165, 1.54) is 0 Å². The quantitative estimate of drug-likeness (QED) is 0.733. The van der Waals surface area contributed by atoms with Crippen molar-refractivity contribution >= 4 is 15.7 Å². The van der Waals surface area contributed by atoms with Crippen molar-refractivity contribution in [3.63, 3.8) is 0 Å². The molecule has 0 aromatic heterocycles. The second-order valence-electron chi connectivity index (χ2n) is 4.83. The highest BCUT2D eigenvalue weighted by Gasteiger charge is 2.17. The third-order valence-corrected chi connectivity index (χ3v) is 4.41. The van der Waals surface area contributed by atoms with E-state index in [0.717, 1.165) is 5.56 Å². The van der Waals surface area contributed by atoms with Crippen molar-refractivity contribution in [2.24, 2.45) is 0 Å². The highest BCUT2D eigenvalue weighted by atomic mass is 32.2. The fourth-order valence-corrected chi connectivity index (χ4v) is 2.99. The monoisotopic (exact) mass is 299 g/mol. The summed E-state index contributed by atoms with van der Waals surface area (Å²) in [6.45, 7) is 1.40. The third kappa shape index (κ3) is 6.68. The molecule has 0 radical (unpaired) electrons. The van der Waals surface area contributed by atoms with Crippen molar-refractivity contribution in [3.05, 3.63) is 35.9 Å². The molecule has 0 spiro atoms. The topological polar surface area (TPSA) is 83.5 Å². The molecule has 2 N–H and O–H groups in total. The fraction of sp³-hybridized carbons (Fsp3) is 0.500. The maximum absolute atomic E-state index is 11.8. The van der Waals surface area contributed by atoms with Gasteiger partial charge in [0, 0.05) is 6.04 Å². The molecule has 20 heavy (non-hydrogen) atoms. The Morgan fingerprint density at radius 3 is 2.55 bits per heavy atom. The van der Waals surface area contributed by atoms with Crippen LogP contribution in [0.15, 0.2) is 30.3 Å². The Labute approximate surface area is 119 Å². The SMILES string of the molecule is CC(CO)NC(=O)CS(=O)(=O)CCCc1ccccc1. The predicted molar refractivity (Wildman–Crippen MR) is 78.1 cm³/mol. The molecule has 0 heterocycles. The first-order valence-electron chi connectivity index (χ1n) is 6.57. The second kappa shape index (κ2) is 8.01. The van der Waals surface area contributed by atoms with E-state index in [0.29, 0.717) is 12.8 Å². The lowest BCUT2D eigenvalue weighted by Gasteiger charge is -2.10. The van der Waals surface area contributed by atoms with Crippen molar-refractivity contribution in [3.8, 4) is 0 Å². The van der Waals surface area contributed by atoms with E-state index in [1.54, 1.807) is 6.92 Å². The Hall–Kier alpha value is -1.40. The first-order chi connectivity index (χ1) is 9.43. The van der Waals surface area contributed by atoms with Crippen molar-refractivity contribution in [2.75, 3.05) is 18.1 Å². The minimum atomic E-state index is -3.40. The van der Waals surface area contributed by atoms with Crippen LogP contribution in [0.5, 0.6) is 0 Å². The highest BCUT2D eigenvalue weighted by molar-refractivity contribution is 7.92. The summed E-state index contributed by atoms with van der Waals surface area (Å²) in [7, 11) is -3.40. The van der Waals surface area contributed by atoms with Crippen molar-refractivity contribution < 1.29 is 18.3 Å². The Balaban J connectivity index is 2.36. The molecule has 1 amide bonds. The Morgan fingerprint density at radius 2 is 1.95 bits per heavy atom. The van der Waals surface area contributed by atoms with E-state index in [-0.39, 0.29) is 12.4 Å². The number of rotatable bonds is 8. The lowest BCUT2D eigenvalue weighted by atomic mass is 10.1. The predicted octanol–water partition coefficient (Wildman–Crippen LogP) is 0.531. The average Bonchev–Trinajstić information content (AvgIpc) is 2.38. The molecule has 0 bridgehead atoms. The molecule has 0 saturated carbocycles. The van der Waals surface area contributed by atoms with Gasteiger partial charge in [0.2, 0.25) is 5.91 Å². The number of aliphatic hydroxyl groups is 1. The molecule has 0 aliphatic carbocycles. The summed E-state index contributed by atoms with van der Waals surface area (Å²) in [6, 6.07) is 9.19. The maximum atomic E-state index is 11.8. The first-order valence-corrected chi connectivity index (χ1v) is 8.39. The summed E-state index contributed by atoms with van der Waals surface area (Å²) in [5.74, 6) is -1.10. The van der Waals surface area contributed by atoms with Crippen LogP contribution < -0.4 is 5.32 Å². The molecule has 5 nitrogen and oxygen atoms in total. The van der Waals surface area contributed by atoms with Gasteiger partial charge in [-0.2, -0.15) is 0 Å². The molecule has 0 aliphatic heterocycles. The largest absolute Gasteiger partial charge is 0.394 e. The lowest BCUT2D eigenvalue weighted by molar-refractivity contribution is -0.119. The van der Waals surface area contributed by atoms with E-state index in [4.69, 9.17) is 5.11 Å². The van der Waals surface area contributed by atoms with Crippen LogP contribution in [0.2, 0.25) is 0 Å². The summed E-state index contributed by atoms with van der Waals surface area (Å²) in [6.07, 6.45) is 1.17. The van der Waals surface area contributed by atoms with Gasteiger partial charge < -0.3 is 10.4 Å². The standard InChI is InChI=1S/C14H21NO4S/c1-12(10-16)15-14(17)11-20(18,19)9-5-8-13-6-3-2-4-7-13/h2-4,6-7,12,16H,5,8-11H2,1H3,(H,15,17). The van der Waals surface area contributed by atoms with Crippen LogP contribution in [-0.2, 0) is 21.1 Å². The maximum Gasteiger partial charge on any atom is 0.235 e. The van der Waals surface area contributed by atoms with E-state index >= 15 is 0 Å². The third-order valence-electron chi connectivity index (χ3n) is 2.80. The van der Waals surface area contributed by atoms with E-state index < -0.39 is 27.5 Å². The van der Waals surface area contributed by atoms with Gasteiger partial charge in [0.05, 0.1) is 12.4 Å². The van der Waals surface area contributed by atoms with Gasteiger partial charge in [-0.25, -0.2) is 8.42 Å². The fourth-order valence-electron chi connectivity index (χ4n) is 1.77. The van der Waals surface area contributed by atoms with Gasteiger partial charge in [-0.3, -0.25) is 4.79 Å². The van der Waals surface area contributed by atoms with E-state index in [1.807, 2.05) is 30.3 Å². The number of sulfone groups is 1. The number of nitrogens with one attached hydrogen (secondary N) is 1. The number of hydrogen-bond donors (Lipinski definition) is 2. The molecule has 1 atom stereocenters. The average molecular weight is 299 g/mol. The summed E-state index contributed by atoms with van der Waals surface area (Å²) >= 11 is 0. The number of hydrogen-bond acceptors (Lipinski definition) is 4. The molecular formula is C14H21NO4S. The van der Waals surface area contributed by atoms with Gasteiger partial charge >= 0.3 is 0 Å². The molecule has 6 heteroatoms. The van der Waals surface area contributed by atoms with Gasteiger partial charge in [-0.15, -0.1) is 0 Å². The minimum absolute atomic E-state index is 0.0111. The smallest absolute Gasteiger partial charge is 0.235 e. The Bertz CT molecular complexity index is 513. The van der Waals surface area contributed by atoms with Crippen molar-refractivity contribution in [2.45, 2.75) is 25.8 Å². The molecule has 1 aromatic rings. The highest BCUT2D eigenvalue weighted by Crippen LogP contribution is 2.04. The Morgan fingerprint density at radius 1 is 1.30 bits per heavy atom. The van der Waals surface area contributed by atoms with Crippen molar-refractivity contribution in [1.82, 2.24) is 5.32 Å². The summed E-state index contributed by atoms with van der Waals surface area (Å²) < 4.78 is 23.6. The van der Waals surface area contributed by atoms with Crippen LogP contribution in [0.1, 0.15) is 18.9 Å². The van der Waals surface area contributed by atoms with Crippen LogP contribution in [0.3, 0.4) is 0 Å². The molecule has 0 aliphatic rings. The second-order valence-corrected chi connectivity index (χ2v) is 7.02. The lowest BCUT2D eigenvalue weighted by Crippen LogP contribution is -2.39. The summed E-state index contributed by atoms with van der Waals surface area (Å²) in [5, 5.41) is 11.2. The van der Waals surface area contributed by atoms with Crippen LogP contribution in [0.4, 0.5) is 0 Å². The number of carbonyl (C=O) groups is 1. The molecule has 1 aromatic carbocycles. The van der Waals surface area contributed by atoms with Crippen LogP contribution in [0, 0.1) is 0 Å². The normalized spacial score (nSPS) is 12.9. The zero-order chi connectivity index (χ0) is 15.0. The summed E-state index contributed by atoms with van der Waals surface area (Å²) in [4.78, 5) is 11.5. The van der Waals surface area contributed by atoms with Crippen LogP contribution in [-0.4, -0.2) is 43.6 Å². The zero-order valence-corrected chi connectivity index (χ0v) is 12.4. The molecule has 0 saturated heterocycles. The van der Waals surface area contributed by atoms with Gasteiger partial charge in [-0.05, 0) is 25.3 Å². The van der Waals surface area contributed by atoms with Crippen LogP contribution in [0.25, 0.3) is 0 Å². The molecular weight excluding hydrogens is 278 g/mol. The van der Waals surface area contributed by atoms with Crippen molar-refractivity contribution in [1.29, 1.82) is 0 Å². The van der Waals surface area contributed by atoms with E-state index in [2.05, 4.69) is 5.32 Å².